The van der Waals surface area contributed by atoms with Crippen LogP contribution in [0.3, 0.4) is 0 Å². The summed E-state index contributed by atoms with van der Waals surface area (Å²) >= 11 is 0. The number of pyridine rings is 1. The molecule has 0 bridgehead atoms. The summed E-state index contributed by atoms with van der Waals surface area (Å²) in [6.07, 6.45) is 3.71. The Labute approximate surface area is 187 Å². The fourth-order valence-electron chi connectivity index (χ4n) is 3.78. The molecule has 0 radical (unpaired) electrons. The molecule has 2 aromatic rings. The van der Waals surface area contributed by atoms with Gasteiger partial charge in [0.25, 0.3) is 0 Å². The molecule has 0 unspecified atom stereocenters. The Balaban J connectivity index is 1.39. The van der Waals surface area contributed by atoms with Crippen LogP contribution in [-0.4, -0.2) is 75.5 Å². The Morgan fingerprint density at radius 3 is 2.38 bits per heavy atom. The van der Waals surface area contributed by atoms with Crippen molar-refractivity contribution in [1.82, 2.24) is 9.29 Å². The van der Waals surface area contributed by atoms with Gasteiger partial charge in [-0.05, 0) is 49.2 Å². The van der Waals surface area contributed by atoms with Gasteiger partial charge in [0, 0.05) is 37.9 Å². The molecular formula is C22H25N3O6S. The van der Waals surface area contributed by atoms with Crippen molar-refractivity contribution in [3.8, 4) is 0 Å². The first-order valence-electron chi connectivity index (χ1n) is 10.5. The second-order valence-electron chi connectivity index (χ2n) is 7.61. The fraction of sp³-hybridized carbons (Fsp3) is 0.409. The highest BCUT2D eigenvalue weighted by Gasteiger charge is 2.26. The summed E-state index contributed by atoms with van der Waals surface area (Å²) in [5, 5.41) is 0. The Morgan fingerprint density at radius 1 is 1.00 bits per heavy atom. The van der Waals surface area contributed by atoms with Crippen molar-refractivity contribution in [2.45, 2.75) is 17.7 Å². The molecule has 0 N–H and O–H groups in total. The van der Waals surface area contributed by atoms with Crippen molar-refractivity contribution in [1.29, 1.82) is 0 Å². The molecule has 1 aromatic heterocycles. The number of anilines is 1. The number of ether oxygens (including phenoxy) is 2. The minimum Gasteiger partial charge on any atom is -0.454 e. The molecule has 0 atom stereocenters. The van der Waals surface area contributed by atoms with Gasteiger partial charge in [-0.25, -0.2) is 18.2 Å². The maximum atomic E-state index is 12.7. The molecule has 0 spiro atoms. The van der Waals surface area contributed by atoms with Crippen LogP contribution < -0.4 is 4.90 Å². The van der Waals surface area contributed by atoms with E-state index in [4.69, 9.17) is 9.47 Å². The SMILES string of the molecule is O=C(COC(=O)c1cccnc1N1CCCC1)c1ccc(S(=O)(=O)N2CCOCC2)cc1. The first kappa shape index (κ1) is 22.4. The molecule has 0 aliphatic carbocycles. The van der Waals surface area contributed by atoms with Crippen molar-refractivity contribution in [2.75, 3.05) is 50.9 Å². The van der Waals surface area contributed by atoms with Gasteiger partial charge in [-0.15, -0.1) is 0 Å². The zero-order chi connectivity index (χ0) is 22.6. The number of sulfonamides is 1. The van der Waals surface area contributed by atoms with Crippen LogP contribution in [0.4, 0.5) is 5.82 Å². The van der Waals surface area contributed by atoms with Crippen LogP contribution in [0.1, 0.15) is 33.6 Å². The number of morpholine rings is 1. The number of ketones is 1. The summed E-state index contributed by atoms with van der Waals surface area (Å²) in [5.41, 5.74) is 0.596. The van der Waals surface area contributed by atoms with Crippen LogP contribution in [0.15, 0.2) is 47.5 Å². The topological polar surface area (TPSA) is 106 Å². The molecule has 170 valence electrons. The fourth-order valence-corrected chi connectivity index (χ4v) is 5.19. The lowest BCUT2D eigenvalue weighted by Gasteiger charge is -2.26. The van der Waals surface area contributed by atoms with Crippen molar-refractivity contribution < 1.29 is 27.5 Å². The van der Waals surface area contributed by atoms with Gasteiger partial charge in [-0.1, -0.05) is 0 Å². The van der Waals surface area contributed by atoms with Gasteiger partial charge < -0.3 is 14.4 Å². The predicted octanol–water partition coefficient (Wildman–Crippen LogP) is 1.74. The first-order valence-corrected chi connectivity index (χ1v) is 12.0. The monoisotopic (exact) mass is 459 g/mol. The number of Topliss-reactive ketones (excluding diaryl/α,β-unsaturated/α-hetero) is 1. The van der Waals surface area contributed by atoms with Crippen LogP contribution >= 0.6 is 0 Å². The maximum Gasteiger partial charge on any atom is 0.342 e. The Kier molecular flexibility index (Phi) is 6.83. The number of hydrogen-bond donors (Lipinski definition) is 0. The second kappa shape index (κ2) is 9.76. The smallest absolute Gasteiger partial charge is 0.342 e. The second-order valence-corrected chi connectivity index (χ2v) is 9.55. The van der Waals surface area contributed by atoms with Gasteiger partial charge >= 0.3 is 5.97 Å². The molecule has 2 aliphatic rings. The summed E-state index contributed by atoms with van der Waals surface area (Å²) in [4.78, 5) is 31.5. The summed E-state index contributed by atoms with van der Waals surface area (Å²) in [6, 6.07) is 8.95. The number of nitrogens with zero attached hydrogens (tertiary/aromatic N) is 3. The zero-order valence-electron chi connectivity index (χ0n) is 17.6. The Morgan fingerprint density at radius 2 is 1.69 bits per heavy atom. The van der Waals surface area contributed by atoms with E-state index in [9.17, 15) is 18.0 Å². The molecule has 9 nitrogen and oxygen atoms in total. The number of benzene rings is 1. The molecule has 10 heteroatoms. The molecule has 2 fully saturated rings. The Bertz CT molecular complexity index is 1080. The van der Waals surface area contributed by atoms with Gasteiger partial charge in [0.15, 0.2) is 12.4 Å². The molecule has 0 amide bonds. The lowest BCUT2D eigenvalue weighted by atomic mass is 10.1. The van der Waals surface area contributed by atoms with E-state index in [1.54, 1.807) is 18.3 Å². The highest BCUT2D eigenvalue weighted by atomic mass is 32.2. The molecule has 2 aliphatic heterocycles. The van der Waals surface area contributed by atoms with Gasteiger partial charge in [0.1, 0.15) is 11.4 Å². The van der Waals surface area contributed by atoms with Crippen LogP contribution in [0.5, 0.6) is 0 Å². The first-order chi connectivity index (χ1) is 15.5. The van der Waals surface area contributed by atoms with Gasteiger partial charge in [0.05, 0.1) is 18.1 Å². The summed E-state index contributed by atoms with van der Waals surface area (Å²) in [5.74, 6) is -0.458. The molecular weight excluding hydrogens is 434 g/mol. The lowest BCUT2D eigenvalue weighted by Crippen LogP contribution is -2.40. The van der Waals surface area contributed by atoms with Crippen LogP contribution in [0.2, 0.25) is 0 Å². The summed E-state index contributed by atoms with van der Waals surface area (Å²) < 4.78 is 37.2. The van der Waals surface area contributed by atoms with E-state index in [1.165, 1.54) is 28.6 Å². The van der Waals surface area contributed by atoms with Crippen LogP contribution in [0.25, 0.3) is 0 Å². The Hall–Kier alpha value is -2.82. The minimum absolute atomic E-state index is 0.110. The van der Waals surface area contributed by atoms with Crippen molar-refractivity contribution in [3.63, 3.8) is 0 Å². The lowest BCUT2D eigenvalue weighted by molar-refractivity contribution is 0.0475. The van der Waals surface area contributed by atoms with Gasteiger partial charge in [-0.2, -0.15) is 4.31 Å². The predicted molar refractivity (Wildman–Crippen MR) is 116 cm³/mol. The normalized spacial score (nSPS) is 17.3. The minimum atomic E-state index is -3.63. The summed E-state index contributed by atoms with van der Waals surface area (Å²) in [6.45, 7) is 2.53. The molecule has 2 saturated heterocycles. The third-order valence-electron chi connectivity index (χ3n) is 5.53. The maximum absolute atomic E-state index is 12.7. The van der Waals surface area contributed by atoms with Crippen molar-refractivity contribution in [3.05, 3.63) is 53.7 Å². The van der Waals surface area contributed by atoms with Gasteiger partial charge in [0.2, 0.25) is 10.0 Å². The standard InChI is InChI=1S/C22H25N3O6S/c26-20(16-31-22(27)19-4-3-9-23-21(19)24-10-1-2-11-24)17-5-7-18(8-6-17)32(28,29)25-12-14-30-15-13-25/h3-9H,1-2,10-16H2. The van der Waals surface area contributed by atoms with E-state index in [0.717, 1.165) is 25.9 Å². The average molecular weight is 460 g/mol. The number of esters is 1. The number of rotatable bonds is 7. The van der Waals surface area contributed by atoms with E-state index >= 15 is 0 Å². The van der Waals surface area contributed by atoms with E-state index in [2.05, 4.69) is 4.98 Å². The van der Waals surface area contributed by atoms with E-state index < -0.39 is 28.4 Å². The molecule has 32 heavy (non-hydrogen) atoms. The number of carbonyl (C=O) groups is 2. The van der Waals surface area contributed by atoms with Crippen molar-refractivity contribution >= 4 is 27.6 Å². The van der Waals surface area contributed by atoms with Crippen molar-refractivity contribution in [2.24, 2.45) is 0 Å². The molecule has 1 aromatic carbocycles. The van der Waals surface area contributed by atoms with E-state index in [1.807, 2.05) is 4.90 Å². The molecule has 3 heterocycles. The molecule has 4 rings (SSSR count). The highest BCUT2D eigenvalue weighted by Crippen LogP contribution is 2.23. The van der Waals surface area contributed by atoms with Crippen LogP contribution in [0, 0.1) is 0 Å². The largest absolute Gasteiger partial charge is 0.454 e. The van der Waals surface area contributed by atoms with Gasteiger partial charge in [-0.3, -0.25) is 4.79 Å². The third kappa shape index (κ3) is 4.82. The van der Waals surface area contributed by atoms with E-state index in [0.29, 0.717) is 37.7 Å². The number of aromatic nitrogens is 1. The molecule has 0 saturated carbocycles. The summed E-state index contributed by atoms with van der Waals surface area (Å²) in [7, 11) is -3.63. The quantitative estimate of drug-likeness (QED) is 0.455. The highest BCUT2D eigenvalue weighted by molar-refractivity contribution is 7.89. The number of hydrogen-bond acceptors (Lipinski definition) is 8. The third-order valence-corrected chi connectivity index (χ3v) is 7.44. The number of carbonyl (C=O) groups excluding carboxylic acids is 2. The average Bonchev–Trinajstić information content (AvgIpc) is 3.38. The zero-order valence-corrected chi connectivity index (χ0v) is 18.4. The van der Waals surface area contributed by atoms with Crippen LogP contribution in [-0.2, 0) is 19.5 Å². The van der Waals surface area contributed by atoms with E-state index in [-0.39, 0.29) is 10.5 Å².